The van der Waals surface area contributed by atoms with Crippen LogP contribution in [0.1, 0.15) is 33.6 Å². The molecule has 66 valence electrons. The first-order chi connectivity index (χ1) is 5.70. The van der Waals surface area contributed by atoms with Crippen LogP contribution < -0.4 is 0 Å². The zero-order valence-corrected chi connectivity index (χ0v) is 8.22. The van der Waals surface area contributed by atoms with Gasteiger partial charge in [0.25, 0.3) is 0 Å². The van der Waals surface area contributed by atoms with Gasteiger partial charge in [-0.05, 0) is 42.7 Å². The molecule has 1 aliphatic heterocycles. The van der Waals surface area contributed by atoms with Gasteiger partial charge in [-0.3, -0.25) is 4.99 Å². The molecule has 0 N–H and O–H groups in total. The molecule has 0 spiro atoms. The van der Waals surface area contributed by atoms with E-state index in [1.807, 2.05) is 0 Å². The molecule has 0 aromatic carbocycles. The Morgan fingerprint density at radius 3 is 2.42 bits per heavy atom. The van der Waals surface area contributed by atoms with Crippen LogP contribution in [0.25, 0.3) is 0 Å². The second kappa shape index (κ2) is 2.72. The Hall–Kier alpha value is -0.590. The van der Waals surface area contributed by atoms with Crippen LogP contribution in [0.15, 0.2) is 16.1 Å². The van der Waals surface area contributed by atoms with Crippen molar-refractivity contribution in [2.75, 3.05) is 6.54 Å². The van der Waals surface area contributed by atoms with Gasteiger partial charge in [-0.15, -0.1) is 0 Å². The van der Waals surface area contributed by atoms with E-state index in [2.05, 4.69) is 25.8 Å². The number of allylic oxidation sites excluding steroid dienone is 1. The maximum absolute atomic E-state index is 4.60. The lowest BCUT2D eigenvalue weighted by Gasteiger charge is -2.06. The van der Waals surface area contributed by atoms with E-state index in [4.69, 9.17) is 0 Å². The van der Waals surface area contributed by atoms with Crippen molar-refractivity contribution in [2.24, 2.45) is 16.8 Å². The van der Waals surface area contributed by atoms with E-state index in [9.17, 15) is 0 Å². The van der Waals surface area contributed by atoms with Crippen molar-refractivity contribution < 1.29 is 0 Å². The minimum absolute atomic E-state index is 0.612. The Balaban J connectivity index is 2.19. The molecule has 1 saturated carbocycles. The van der Waals surface area contributed by atoms with Crippen LogP contribution in [0.4, 0.5) is 0 Å². The highest BCUT2D eigenvalue weighted by Crippen LogP contribution is 2.40. The summed E-state index contributed by atoms with van der Waals surface area (Å²) < 4.78 is 0. The predicted molar refractivity (Wildman–Crippen MR) is 52.6 cm³/mol. The molecular weight excluding hydrogens is 146 g/mol. The fourth-order valence-corrected chi connectivity index (χ4v) is 2.05. The van der Waals surface area contributed by atoms with E-state index in [1.54, 1.807) is 5.57 Å². The molecule has 0 aromatic heterocycles. The zero-order valence-electron chi connectivity index (χ0n) is 8.22. The normalized spacial score (nSPS) is 23.8. The van der Waals surface area contributed by atoms with E-state index in [0.717, 1.165) is 12.5 Å². The molecule has 1 nitrogen and oxygen atoms in total. The molecule has 0 unspecified atom stereocenters. The summed E-state index contributed by atoms with van der Waals surface area (Å²) in [5.74, 6) is 1.52. The Bertz CT molecular complexity index is 249. The van der Waals surface area contributed by atoms with Gasteiger partial charge in [0.05, 0.1) is 6.54 Å². The van der Waals surface area contributed by atoms with E-state index >= 15 is 0 Å². The highest BCUT2D eigenvalue weighted by molar-refractivity contribution is 6.03. The molecule has 1 heterocycles. The van der Waals surface area contributed by atoms with Gasteiger partial charge in [-0.2, -0.15) is 0 Å². The second-order valence-corrected chi connectivity index (χ2v) is 4.28. The second-order valence-electron chi connectivity index (χ2n) is 4.28. The van der Waals surface area contributed by atoms with Crippen LogP contribution in [0, 0.1) is 11.8 Å². The molecular formula is C11H17N. The lowest BCUT2D eigenvalue weighted by molar-refractivity contribution is 0.882. The first-order valence-corrected chi connectivity index (χ1v) is 4.94. The molecule has 0 bridgehead atoms. The molecule has 0 aromatic rings. The van der Waals surface area contributed by atoms with Crippen molar-refractivity contribution in [2.45, 2.75) is 33.6 Å². The predicted octanol–water partition coefficient (Wildman–Crippen LogP) is 2.82. The van der Waals surface area contributed by atoms with Gasteiger partial charge in [0.15, 0.2) is 0 Å². The molecule has 0 amide bonds. The molecule has 2 rings (SSSR count). The lowest BCUT2D eigenvalue weighted by Crippen LogP contribution is -2.06. The fourth-order valence-electron chi connectivity index (χ4n) is 2.05. The van der Waals surface area contributed by atoms with Crippen molar-refractivity contribution in [3.8, 4) is 0 Å². The Morgan fingerprint density at radius 1 is 1.33 bits per heavy atom. The Labute approximate surface area is 74.6 Å². The van der Waals surface area contributed by atoms with Gasteiger partial charge in [-0.25, -0.2) is 0 Å². The summed E-state index contributed by atoms with van der Waals surface area (Å²) in [7, 11) is 0. The minimum atomic E-state index is 0.612. The van der Waals surface area contributed by atoms with Crippen molar-refractivity contribution in [1.82, 2.24) is 0 Å². The summed E-state index contributed by atoms with van der Waals surface area (Å²) in [5.41, 5.74) is 4.50. The molecule has 0 saturated heterocycles. The van der Waals surface area contributed by atoms with Gasteiger partial charge in [0, 0.05) is 5.71 Å². The van der Waals surface area contributed by atoms with Crippen molar-refractivity contribution in [1.29, 1.82) is 0 Å². The number of nitrogens with zero attached hydrogens (tertiary/aromatic N) is 1. The summed E-state index contributed by atoms with van der Waals surface area (Å²) in [6.07, 6.45) is 2.82. The Morgan fingerprint density at radius 2 is 2.00 bits per heavy atom. The summed E-state index contributed by atoms with van der Waals surface area (Å²) >= 11 is 0. The van der Waals surface area contributed by atoms with E-state index in [-0.39, 0.29) is 0 Å². The largest absolute Gasteiger partial charge is 0.285 e. The smallest absolute Gasteiger partial charge is 0.0612 e. The third-order valence-corrected chi connectivity index (χ3v) is 2.90. The summed E-state index contributed by atoms with van der Waals surface area (Å²) in [5, 5.41) is 0. The van der Waals surface area contributed by atoms with Crippen LogP contribution in [0.2, 0.25) is 0 Å². The van der Waals surface area contributed by atoms with Crippen LogP contribution in [-0.2, 0) is 0 Å². The highest BCUT2D eigenvalue weighted by Gasteiger charge is 2.31. The average molecular weight is 163 g/mol. The lowest BCUT2D eigenvalue weighted by atomic mass is 9.98. The summed E-state index contributed by atoms with van der Waals surface area (Å²) in [6.45, 7) is 7.72. The first-order valence-electron chi connectivity index (χ1n) is 4.94. The van der Waals surface area contributed by atoms with Crippen LogP contribution in [-0.4, -0.2) is 12.3 Å². The SMILES string of the molecule is CC1=C(C2CC2)CN=C1C(C)C. The maximum Gasteiger partial charge on any atom is 0.0612 e. The average Bonchev–Trinajstić information content (AvgIpc) is 2.75. The van der Waals surface area contributed by atoms with E-state index in [1.165, 1.54) is 24.1 Å². The van der Waals surface area contributed by atoms with Gasteiger partial charge < -0.3 is 0 Å². The van der Waals surface area contributed by atoms with Gasteiger partial charge in [-0.1, -0.05) is 13.8 Å². The standard InChI is InChI=1S/C11H17N/c1-7(2)11-8(3)10(6-12-11)9-4-5-9/h7,9H,4-6H2,1-3H3. The monoisotopic (exact) mass is 163 g/mol. The third-order valence-electron chi connectivity index (χ3n) is 2.90. The molecule has 12 heavy (non-hydrogen) atoms. The number of hydrogen-bond donors (Lipinski definition) is 0. The third kappa shape index (κ3) is 1.21. The fraction of sp³-hybridized carbons (Fsp3) is 0.727. The van der Waals surface area contributed by atoms with E-state index < -0.39 is 0 Å². The van der Waals surface area contributed by atoms with Crippen LogP contribution in [0.5, 0.6) is 0 Å². The van der Waals surface area contributed by atoms with Crippen LogP contribution in [0.3, 0.4) is 0 Å². The Kier molecular flexibility index (Phi) is 1.82. The molecule has 1 fully saturated rings. The summed E-state index contributed by atoms with van der Waals surface area (Å²) in [6, 6.07) is 0. The minimum Gasteiger partial charge on any atom is -0.285 e. The van der Waals surface area contributed by atoms with Gasteiger partial charge in [0.2, 0.25) is 0 Å². The van der Waals surface area contributed by atoms with Gasteiger partial charge >= 0.3 is 0 Å². The number of hydrogen-bond acceptors (Lipinski definition) is 1. The topological polar surface area (TPSA) is 12.4 Å². The first kappa shape index (κ1) is 8.03. The van der Waals surface area contributed by atoms with Crippen molar-refractivity contribution in [3.05, 3.63) is 11.1 Å². The molecule has 1 aliphatic carbocycles. The van der Waals surface area contributed by atoms with Crippen LogP contribution >= 0.6 is 0 Å². The summed E-state index contributed by atoms with van der Waals surface area (Å²) in [4.78, 5) is 4.60. The maximum atomic E-state index is 4.60. The van der Waals surface area contributed by atoms with E-state index in [0.29, 0.717) is 5.92 Å². The molecule has 0 radical (unpaired) electrons. The molecule has 2 aliphatic rings. The van der Waals surface area contributed by atoms with Crippen molar-refractivity contribution in [3.63, 3.8) is 0 Å². The zero-order chi connectivity index (χ0) is 8.72. The number of aliphatic imine (C=N–C) groups is 1. The number of rotatable bonds is 2. The quantitative estimate of drug-likeness (QED) is 0.593. The van der Waals surface area contributed by atoms with Crippen molar-refractivity contribution >= 4 is 5.71 Å². The molecule has 1 heteroatoms. The molecule has 0 atom stereocenters. The van der Waals surface area contributed by atoms with Gasteiger partial charge in [0.1, 0.15) is 0 Å². The highest BCUT2D eigenvalue weighted by atomic mass is 14.8.